The lowest BCUT2D eigenvalue weighted by Crippen LogP contribution is -2.23. The molecular formula is C20H20N2O2S. The smallest absolute Gasteiger partial charge is 0.352 e. The Labute approximate surface area is 151 Å². The van der Waals surface area contributed by atoms with Gasteiger partial charge in [-0.25, -0.2) is 4.79 Å². The van der Waals surface area contributed by atoms with Gasteiger partial charge in [0.2, 0.25) is 0 Å². The molecular weight excluding hydrogens is 332 g/mol. The summed E-state index contributed by atoms with van der Waals surface area (Å²) in [5.41, 5.74) is 3.18. The first kappa shape index (κ1) is 17.2. The molecule has 0 N–H and O–H groups in total. The van der Waals surface area contributed by atoms with Gasteiger partial charge in [-0.2, -0.15) is 4.37 Å². The lowest BCUT2D eigenvalue weighted by molar-refractivity contribution is 0.0532. The van der Waals surface area contributed by atoms with Crippen molar-refractivity contribution in [3.63, 3.8) is 0 Å². The van der Waals surface area contributed by atoms with Crippen molar-refractivity contribution >= 4 is 23.2 Å². The molecule has 0 aliphatic rings. The third-order valence-corrected chi connectivity index (χ3v) is 4.55. The molecule has 0 amide bonds. The first-order chi connectivity index (χ1) is 12.3. The number of hydrogen-bond donors (Lipinski definition) is 0. The van der Waals surface area contributed by atoms with Crippen LogP contribution in [0.25, 0.3) is 0 Å². The molecule has 3 rings (SSSR count). The molecule has 128 valence electrons. The maximum atomic E-state index is 12.3. The second-order valence-corrected chi connectivity index (χ2v) is 6.39. The highest BCUT2D eigenvalue weighted by atomic mass is 32.1. The van der Waals surface area contributed by atoms with Gasteiger partial charge in [-0.15, -0.1) is 0 Å². The number of rotatable bonds is 7. The minimum atomic E-state index is -0.314. The highest BCUT2D eigenvalue weighted by Gasteiger charge is 2.21. The van der Waals surface area contributed by atoms with E-state index in [1.54, 1.807) is 6.20 Å². The third kappa shape index (κ3) is 4.45. The van der Waals surface area contributed by atoms with E-state index in [1.807, 2.05) is 43.3 Å². The van der Waals surface area contributed by atoms with Crippen LogP contribution < -0.4 is 4.90 Å². The summed E-state index contributed by atoms with van der Waals surface area (Å²) in [6, 6.07) is 20.4. The van der Waals surface area contributed by atoms with Gasteiger partial charge in [0.15, 0.2) is 4.88 Å². The maximum Gasteiger partial charge on any atom is 0.352 e. The Hall–Kier alpha value is -2.66. The van der Waals surface area contributed by atoms with Crippen molar-refractivity contribution in [2.24, 2.45) is 0 Å². The van der Waals surface area contributed by atoms with E-state index in [1.165, 1.54) is 22.7 Å². The molecule has 1 heterocycles. The van der Waals surface area contributed by atoms with Crippen LogP contribution in [0.1, 0.15) is 27.7 Å². The Morgan fingerprint density at radius 2 is 1.56 bits per heavy atom. The van der Waals surface area contributed by atoms with Gasteiger partial charge in [-0.1, -0.05) is 60.7 Å². The Morgan fingerprint density at radius 1 is 1.00 bits per heavy atom. The fraction of sp³-hybridized carbons (Fsp3) is 0.200. The van der Waals surface area contributed by atoms with Gasteiger partial charge in [-0.3, -0.25) is 0 Å². The number of hydrogen-bond acceptors (Lipinski definition) is 5. The molecule has 0 saturated carbocycles. The molecule has 0 aliphatic carbocycles. The average molecular weight is 352 g/mol. The number of carbonyl (C=O) groups excluding carboxylic acids is 1. The van der Waals surface area contributed by atoms with E-state index in [2.05, 4.69) is 33.5 Å². The number of esters is 1. The predicted octanol–water partition coefficient (Wildman–Crippen LogP) is 4.53. The molecule has 0 bridgehead atoms. The molecule has 3 aromatic rings. The number of ether oxygens (including phenoxy) is 1. The molecule has 0 aliphatic heterocycles. The summed E-state index contributed by atoms with van der Waals surface area (Å²) in [7, 11) is 0. The van der Waals surface area contributed by atoms with Gasteiger partial charge in [0.1, 0.15) is 0 Å². The minimum absolute atomic E-state index is 0.314. The van der Waals surface area contributed by atoms with Crippen molar-refractivity contribution in [1.29, 1.82) is 0 Å². The zero-order valence-electron chi connectivity index (χ0n) is 14.1. The van der Waals surface area contributed by atoms with E-state index in [0.717, 1.165) is 5.69 Å². The van der Waals surface area contributed by atoms with E-state index >= 15 is 0 Å². The van der Waals surface area contributed by atoms with Crippen LogP contribution in [0, 0.1) is 0 Å². The quantitative estimate of drug-likeness (QED) is 0.586. The van der Waals surface area contributed by atoms with Crippen LogP contribution in [-0.2, 0) is 17.8 Å². The van der Waals surface area contributed by atoms with E-state index in [0.29, 0.717) is 24.6 Å². The lowest BCUT2D eigenvalue weighted by Gasteiger charge is -2.24. The monoisotopic (exact) mass is 352 g/mol. The van der Waals surface area contributed by atoms with Gasteiger partial charge in [0.25, 0.3) is 0 Å². The summed E-state index contributed by atoms with van der Waals surface area (Å²) in [4.78, 5) is 15.0. The predicted molar refractivity (Wildman–Crippen MR) is 101 cm³/mol. The number of benzene rings is 2. The molecule has 0 atom stereocenters. The van der Waals surface area contributed by atoms with Crippen LogP contribution >= 0.6 is 11.5 Å². The summed E-state index contributed by atoms with van der Waals surface area (Å²) in [5.74, 6) is -0.314. The Morgan fingerprint density at radius 3 is 2.08 bits per heavy atom. The average Bonchev–Trinajstić information content (AvgIpc) is 3.13. The largest absolute Gasteiger partial charge is 0.462 e. The topological polar surface area (TPSA) is 42.4 Å². The highest BCUT2D eigenvalue weighted by Crippen LogP contribution is 2.28. The summed E-state index contributed by atoms with van der Waals surface area (Å²) in [6.45, 7) is 3.55. The second kappa shape index (κ2) is 8.44. The van der Waals surface area contributed by atoms with Gasteiger partial charge in [-0.05, 0) is 29.6 Å². The van der Waals surface area contributed by atoms with Crippen molar-refractivity contribution in [3.8, 4) is 0 Å². The number of carbonyl (C=O) groups is 1. The number of nitrogens with zero attached hydrogens (tertiary/aromatic N) is 2. The molecule has 0 spiro atoms. The van der Waals surface area contributed by atoms with Crippen LogP contribution in [0.4, 0.5) is 5.69 Å². The zero-order chi connectivity index (χ0) is 17.5. The summed E-state index contributed by atoms with van der Waals surface area (Å²) in [5, 5.41) is 0. The second-order valence-electron chi connectivity index (χ2n) is 5.59. The number of anilines is 1. The first-order valence-corrected chi connectivity index (χ1v) is 9.00. The number of aromatic nitrogens is 1. The lowest BCUT2D eigenvalue weighted by atomic mass is 10.1. The van der Waals surface area contributed by atoms with Gasteiger partial charge < -0.3 is 9.64 Å². The third-order valence-electron chi connectivity index (χ3n) is 3.79. The van der Waals surface area contributed by atoms with Crippen molar-refractivity contribution in [2.75, 3.05) is 11.5 Å². The van der Waals surface area contributed by atoms with Gasteiger partial charge in [0.05, 0.1) is 18.5 Å². The highest BCUT2D eigenvalue weighted by molar-refractivity contribution is 7.08. The molecule has 25 heavy (non-hydrogen) atoms. The van der Waals surface area contributed by atoms with Crippen LogP contribution in [-0.4, -0.2) is 16.9 Å². The minimum Gasteiger partial charge on any atom is -0.462 e. The molecule has 0 saturated heterocycles. The molecule has 0 fully saturated rings. The molecule has 1 aromatic heterocycles. The van der Waals surface area contributed by atoms with Crippen molar-refractivity contribution in [1.82, 2.24) is 4.37 Å². The molecule has 0 unspecified atom stereocenters. The summed E-state index contributed by atoms with van der Waals surface area (Å²) in [6.07, 6.45) is 1.75. The molecule has 4 nitrogen and oxygen atoms in total. The van der Waals surface area contributed by atoms with E-state index < -0.39 is 0 Å². The molecule has 0 radical (unpaired) electrons. The standard InChI is InChI=1S/C20H20N2O2S/c1-2-24-20(23)19-18(13-21-25-19)22(14-16-9-5-3-6-10-16)15-17-11-7-4-8-12-17/h3-13H,2,14-15H2,1H3. The van der Waals surface area contributed by atoms with Crippen molar-refractivity contribution in [3.05, 3.63) is 82.9 Å². The van der Waals surface area contributed by atoms with Crippen LogP contribution in [0.3, 0.4) is 0 Å². The van der Waals surface area contributed by atoms with Crippen molar-refractivity contribution < 1.29 is 9.53 Å². The first-order valence-electron chi connectivity index (χ1n) is 8.22. The SMILES string of the molecule is CCOC(=O)c1sncc1N(Cc1ccccc1)Cc1ccccc1. The molecule has 2 aromatic carbocycles. The van der Waals surface area contributed by atoms with Crippen LogP contribution in [0.2, 0.25) is 0 Å². The van der Waals surface area contributed by atoms with Crippen molar-refractivity contribution in [2.45, 2.75) is 20.0 Å². The Bertz CT molecular complexity index is 761. The molecule has 5 heteroatoms. The van der Waals surface area contributed by atoms with Gasteiger partial charge in [0, 0.05) is 13.1 Å². The van der Waals surface area contributed by atoms with E-state index in [-0.39, 0.29) is 5.97 Å². The Kier molecular flexibility index (Phi) is 5.80. The normalized spacial score (nSPS) is 10.4. The summed E-state index contributed by atoms with van der Waals surface area (Å²) < 4.78 is 9.41. The Balaban J connectivity index is 1.91. The fourth-order valence-electron chi connectivity index (χ4n) is 2.63. The maximum absolute atomic E-state index is 12.3. The van der Waals surface area contributed by atoms with E-state index in [9.17, 15) is 4.79 Å². The van der Waals surface area contributed by atoms with E-state index in [4.69, 9.17) is 4.74 Å². The fourth-order valence-corrected chi connectivity index (χ4v) is 3.30. The van der Waals surface area contributed by atoms with Crippen LogP contribution in [0.5, 0.6) is 0 Å². The van der Waals surface area contributed by atoms with Crippen LogP contribution in [0.15, 0.2) is 66.9 Å². The zero-order valence-corrected chi connectivity index (χ0v) is 14.9. The summed E-state index contributed by atoms with van der Waals surface area (Å²) >= 11 is 1.18. The van der Waals surface area contributed by atoms with Gasteiger partial charge >= 0.3 is 5.97 Å².